The summed E-state index contributed by atoms with van der Waals surface area (Å²) in [4.78, 5) is 21.6. The molecular weight excluding hydrogens is 160 g/mol. The van der Waals surface area contributed by atoms with Crippen LogP contribution in [0.4, 0.5) is 0 Å². The molecule has 0 radical (unpaired) electrons. The third kappa shape index (κ3) is 1.17. The largest absolute Gasteiger partial charge is 0.481 e. The van der Waals surface area contributed by atoms with Crippen LogP contribution in [0.25, 0.3) is 0 Å². The number of carbonyl (C=O) groups is 2. The van der Waals surface area contributed by atoms with Gasteiger partial charge < -0.3 is 9.84 Å². The van der Waals surface area contributed by atoms with Crippen LogP contribution in [-0.2, 0) is 14.3 Å². The molecule has 4 heteroatoms. The van der Waals surface area contributed by atoms with E-state index < -0.39 is 23.5 Å². The third-order valence-electron chi connectivity index (χ3n) is 2.48. The third-order valence-corrected chi connectivity index (χ3v) is 2.48. The second kappa shape index (κ2) is 2.47. The first-order valence-corrected chi connectivity index (χ1v) is 3.82. The summed E-state index contributed by atoms with van der Waals surface area (Å²) in [6.45, 7) is 5.15. The van der Waals surface area contributed by atoms with E-state index in [1.807, 2.05) is 0 Å². The number of rotatable bonds is 1. The van der Waals surface area contributed by atoms with Gasteiger partial charge in [-0.2, -0.15) is 0 Å². The zero-order chi connectivity index (χ0) is 9.52. The first kappa shape index (κ1) is 9.03. The highest BCUT2D eigenvalue weighted by Gasteiger charge is 2.50. The topological polar surface area (TPSA) is 63.6 Å². The molecule has 2 unspecified atom stereocenters. The van der Waals surface area contributed by atoms with Crippen LogP contribution in [0.15, 0.2) is 0 Å². The van der Waals surface area contributed by atoms with Crippen LogP contribution >= 0.6 is 0 Å². The molecule has 68 valence electrons. The molecule has 0 saturated carbocycles. The van der Waals surface area contributed by atoms with E-state index in [2.05, 4.69) is 0 Å². The van der Waals surface area contributed by atoms with Gasteiger partial charge in [0, 0.05) is 5.92 Å². The van der Waals surface area contributed by atoms with E-state index in [1.165, 1.54) is 0 Å². The van der Waals surface area contributed by atoms with E-state index in [9.17, 15) is 9.59 Å². The number of carboxylic acid groups (broad SMARTS) is 1. The molecule has 1 aliphatic rings. The number of ether oxygens (including phenoxy) is 1. The highest BCUT2D eigenvalue weighted by atomic mass is 16.6. The minimum atomic E-state index is -1.10. The fourth-order valence-electron chi connectivity index (χ4n) is 1.34. The van der Waals surface area contributed by atoms with Gasteiger partial charge in [-0.1, -0.05) is 6.92 Å². The van der Waals surface area contributed by atoms with Gasteiger partial charge in [0.25, 0.3) is 0 Å². The average Bonchev–Trinajstić information content (AvgIpc) is 2.02. The van der Waals surface area contributed by atoms with Crippen molar-refractivity contribution >= 4 is 11.9 Å². The first-order chi connectivity index (χ1) is 5.36. The van der Waals surface area contributed by atoms with Gasteiger partial charge in [0.1, 0.15) is 5.60 Å². The van der Waals surface area contributed by atoms with Crippen molar-refractivity contribution in [3.05, 3.63) is 0 Å². The number of hydrogen-bond donors (Lipinski definition) is 1. The molecule has 1 rings (SSSR count). The fourth-order valence-corrected chi connectivity index (χ4v) is 1.34. The van der Waals surface area contributed by atoms with Crippen LogP contribution in [0.5, 0.6) is 0 Å². The lowest BCUT2D eigenvalue weighted by Crippen LogP contribution is -2.30. The van der Waals surface area contributed by atoms with Gasteiger partial charge in [-0.25, -0.2) is 0 Å². The fraction of sp³-hybridized carbons (Fsp3) is 0.750. The van der Waals surface area contributed by atoms with E-state index in [4.69, 9.17) is 9.84 Å². The molecular formula is C8H12O4. The highest BCUT2D eigenvalue weighted by Crippen LogP contribution is 2.36. The molecule has 1 saturated heterocycles. The Labute approximate surface area is 70.5 Å². The van der Waals surface area contributed by atoms with Crippen molar-refractivity contribution in [3.63, 3.8) is 0 Å². The molecule has 2 atom stereocenters. The number of esters is 1. The van der Waals surface area contributed by atoms with Crippen LogP contribution < -0.4 is 0 Å². The Morgan fingerprint density at radius 3 is 2.25 bits per heavy atom. The molecule has 1 aliphatic heterocycles. The van der Waals surface area contributed by atoms with Crippen LogP contribution in [-0.4, -0.2) is 22.6 Å². The molecule has 0 aromatic rings. The summed E-state index contributed by atoms with van der Waals surface area (Å²) in [5.74, 6) is -3.00. The molecule has 1 N–H and O–H groups in total. The van der Waals surface area contributed by atoms with Gasteiger partial charge in [-0.15, -0.1) is 0 Å². The summed E-state index contributed by atoms with van der Waals surface area (Å²) in [5.41, 5.74) is -0.653. The van der Waals surface area contributed by atoms with Crippen molar-refractivity contribution in [1.82, 2.24) is 0 Å². The predicted molar refractivity (Wildman–Crippen MR) is 40.5 cm³/mol. The summed E-state index contributed by atoms with van der Waals surface area (Å²) < 4.78 is 4.92. The first-order valence-electron chi connectivity index (χ1n) is 3.82. The Morgan fingerprint density at radius 2 is 2.08 bits per heavy atom. The molecule has 1 fully saturated rings. The Hall–Kier alpha value is -1.06. The normalized spacial score (nSPS) is 33.1. The second-order valence-corrected chi connectivity index (χ2v) is 3.63. The minimum Gasteiger partial charge on any atom is -0.481 e. The van der Waals surface area contributed by atoms with Crippen molar-refractivity contribution in [3.8, 4) is 0 Å². The number of cyclic esters (lactones) is 1. The van der Waals surface area contributed by atoms with Crippen LogP contribution in [0.3, 0.4) is 0 Å². The molecule has 4 nitrogen and oxygen atoms in total. The summed E-state index contributed by atoms with van der Waals surface area (Å²) in [6, 6.07) is 0. The number of aliphatic carboxylic acids is 1. The maximum absolute atomic E-state index is 11.0. The number of carboxylic acids is 1. The summed E-state index contributed by atoms with van der Waals surface area (Å²) >= 11 is 0. The molecule has 1 heterocycles. The molecule has 0 aliphatic carbocycles. The highest BCUT2D eigenvalue weighted by molar-refractivity contribution is 5.96. The van der Waals surface area contributed by atoms with Crippen molar-refractivity contribution in [2.45, 2.75) is 26.4 Å². The summed E-state index contributed by atoms with van der Waals surface area (Å²) in [7, 11) is 0. The molecule has 0 bridgehead atoms. The SMILES string of the molecule is CC1C(C(=O)O)C(=O)OC1(C)C. The molecule has 0 amide bonds. The van der Waals surface area contributed by atoms with Crippen LogP contribution in [0, 0.1) is 11.8 Å². The van der Waals surface area contributed by atoms with Gasteiger partial charge in [0.2, 0.25) is 0 Å². The lowest BCUT2D eigenvalue weighted by Gasteiger charge is -2.21. The Bertz CT molecular complexity index is 231. The minimum absolute atomic E-state index is 0.275. The maximum atomic E-state index is 11.0. The molecule has 0 aromatic carbocycles. The van der Waals surface area contributed by atoms with Gasteiger partial charge in [0.15, 0.2) is 5.92 Å². The van der Waals surface area contributed by atoms with Gasteiger partial charge in [-0.3, -0.25) is 9.59 Å². The van der Waals surface area contributed by atoms with E-state index in [0.717, 1.165) is 0 Å². The van der Waals surface area contributed by atoms with Crippen LogP contribution in [0.1, 0.15) is 20.8 Å². The lowest BCUT2D eigenvalue weighted by molar-refractivity contribution is -0.154. The number of carbonyl (C=O) groups excluding carboxylic acids is 1. The zero-order valence-electron chi connectivity index (χ0n) is 7.33. The van der Waals surface area contributed by atoms with Crippen molar-refractivity contribution in [2.75, 3.05) is 0 Å². The zero-order valence-corrected chi connectivity index (χ0v) is 7.33. The number of hydrogen-bond acceptors (Lipinski definition) is 3. The maximum Gasteiger partial charge on any atom is 0.321 e. The van der Waals surface area contributed by atoms with Crippen molar-refractivity contribution < 1.29 is 19.4 Å². The lowest BCUT2D eigenvalue weighted by atomic mass is 9.85. The second-order valence-electron chi connectivity index (χ2n) is 3.63. The van der Waals surface area contributed by atoms with Crippen molar-refractivity contribution in [2.24, 2.45) is 11.8 Å². The monoisotopic (exact) mass is 172 g/mol. The average molecular weight is 172 g/mol. The molecule has 12 heavy (non-hydrogen) atoms. The summed E-state index contributed by atoms with van der Waals surface area (Å²) in [5, 5.41) is 8.69. The van der Waals surface area contributed by atoms with E-state index >= 15 is 0 Å². The smallest absolute Gasteiger partial charge is 0.321 e. The molecule has 0 spiro atoms. The standard InChI is InChI=1S/C8H12O4/c1-4-5(6(9)10)7(11)12-8(4,2)3/h4-5H,1-3H3,(H,9,10). The van der Waals surface area contributed by atoms with Crippen molar-refractivity contribution in [1.29, 1.82) is 0 Å². The van der Waals surface area contributed by atoms with Crippen LogP contribution in [0.2, 0.25) is 0 Å². The van der Waals surface area contributed by atoms with Gasteiger partial charge >= 0.3 is 11.9 Å². The summed E-state index contributed by atoms with van der Waals surface area (Å²) in [6.07, 6.45) is 0. The Balaban J connectivity index is 2.92. The van der Waals surface area contributed by atoms with Gasteiger partial charge in [-0.05, 0) is 13.8 Å². The Kier molecular flexibility index (Phi) is 1.86. The quantitative estimate of drug-likeness (QED) is 0.466. The van der Waals surface area contributed by atoms with E-state index in [1.54, 1.807) is 20.8 Å². The van der Waals surface area contributed by atoms with E-state index in [-0.39, 0.29) is 5.92 Å². The van der Waals surface area contributed by atoms with Gasteiger partial charge in [0.05, 0.1) is 0 Å². The van der Waals surface area contributed by atoms with E-state index in [0.29, 0.717) is 0 Å². The predicted octanol–water partition coefficient (Wildman–Crippen LogP) is 0.659. The molecule has 0 aromatic heterocycles. The Morgan fingerprint density at radius 1 is 1.58 bits per heavy atom.